The van der Waals surface area contributed by atoms with E-state index in [0.717, 1.165) is 35.9 Å². The number of fused-ring (bicyclic) bond motifs is 2. The molecule has 0 aliphatic heterocycles. The van der Waals surface area contributed by atoms with Crippen LogP contribution in [0, 0.1) is 0 Å². The number of carbonyl (C=O) groups excluding carboxylic acids is 1. The zero-order valence-corrected chi connectivity index (χ0v) is 14.9. The molecule has 4 rings (SSSR count). The van der Waals surface area contributed by atoms with Crippen LogP contribution in [-0.4, -0.2) is 16.9 Å². The molecule has 2 aromatic rings. The van der Waals surface area contributed by atoms with Gasteiger partial charge in [0.25, 0.3) is 5.91 Å². The highest BCUT2D eigenvalue weighted by Crippen LogP contribution is 2.35. The average molecular weight is 343 g/mol. The van der Waals surface area contributed by atoms with E-state index in [-0.39, 0.29) is 5.91 Å². The predicted molar refractivity (Wildman–Crippen MR) is 99.6 cm³/mol. The molecule has 0 aromatic carbocycles. The lowest BCUT2D eigenvalue weighted by Crippen LogP contribution is -2.36. The van der Waals surface area contributed by atoms with Gasteiger partial charge in [0.2, 0.25) is 0 Å². The van der Waals surface area contributed by atoms with Crippen LogP contribution in [0.1, 0.15) is 72.3 Å². The molecular weight excluding hydrogens is 318 g/mol. The lowest BCUT2D eigenvalue weighted by molar-refractivity contribution is 0.0932. The second-order valence-corrected chi connectivity index (χ2v) is 8.16. The summed E-state index contributed by atoms with van der Waals surface area (Å²) in [6.45, 7) is 0. The van der Waals surface area contributed by atoms with Gasteiger partial charge >= 0.3 is 0 Å². The number of hydrogen-bond donors (Lipinski definition) is 2. The first-order valence-electron chi connectivity index (χ1n) is 9.24. The van der Waals surface area contributed by atoms with Gasteiger partial charge in [0.05, 0.1) is 5.69 Å². The van der Waals surface area contributed by atoms with Crippen LogP contribution < -0.4 is 11.1 Å². The molecule has 0 radical (unpaired) electrons. The largest absolute Gasteiger partial charge is 0.397 e. The first-order chi connectivity index (χ1) is 11.7. The van der Waals surface area contributed by atoms with E-state index in [2.05, 4.69) is 11.4 Å². The summed E-state index contributed by atoms with van der Waals surface area (Å²) in [5, 5.41) is 4.15. The molecule has 5 heteroatoms. The minimum Gasteiger partial charge on any atom is -0.397 e. The molecule has 2 aliphatic carbocycles. The summed E-state index contributed by atoms with van der Waals surface area (Å²) in [6, 6.07) is 2.49. The van der Waals surface area contributed by atoms with Gasteiger partial charge in [-0.2, -0.15) is 0 Å². The van der Waals surface area contributed by atoms with E-state index < -0.39 is 0 Å². The Kier molecular flexibility index (Phi) is 4.44. The van der Waals surface area contributed by atoms with E-state index in [9.17, 15) is 4.79 Å². The van der Waals surface area contributed by atoms with E-state index in [4.69, 9.17) is 10.7 Å². The van der Waals surface area contributed by atoms with Gasteiger partial charge in [0, 0.05) is 17.1 Å². The molecule has 4 nitrogen and oxygen atoms in total. The number of nitrogens with one attached hydrogen (secondary N) is 1. The van der Waals surface area contributed by atoms with Crippen LogP contribution in [0.3, 0.4) is 0 Å². The quantitative estimate of drug-likeness (QED) is 0.803. The first-order valence-corrected chi connectivity index (χ1v) is 10.1. The summed E-state index contributed by atoms with van der Waals surface area (Å²) < 4.78 is 0. The number of anilines is 1. The topological polar surface area (TPSA) is 68.0 Å². The summed E-state index contributed by atoms with van der Waals surface area (Å²) >= 11 is 1.45. The van der Waals surface area contributed by atoms with Crippen molar-refractivity contribution in [3.8, 4) is 0 Å². The van der Waals surface area contributed by atoms with Crippen molar-refractivity contribution in [1.82, 2.24) is 10.3 Å². The molecule has 24 heavy (non-hydrogen) atoms. The van der Waals surface area contributed by atoms with Gasteiger partial charge in [-0.05, 0) is 50.2 Å². The molecule has 1 amide bonds. The number of hydrogen-bond acceptors (Lipinski definition) is 4. The first kappa shape index (κ1) is 15.9. The number of aryl methyl sites for hydroxylation is 2. The van der Waals surface area contributed by atoms with Crippen LogP contribution in [0.5, 0.6) is 0 Å². The summed E-state index contributed by atoms with van der Waals surface area (Å²) in [5.41, 5.74) is 9.47. The number of amides is 1. The van der Waals surface area contributed by atoms with Gasteiger partial charge < -0.3 is 11.1 Å². The second-order valence-electron chi connectivity index (χ2n) is 7.16. The fourth-order valence-electron chi connectivity index (χ4n) is 4.00. The highest BCUT2D eigenvalue weighted by molar-refractivity contribution is 7.21. The highest BCUT2D eigenvalue weighted by Gasteiger charge is 2.22. The summed E-state index contributed by atoms with van der Waals surface area (Å²) in [5.74, 6) is -0.0161. The number of nitrogens with two attached hydrogens (primary N) is 1. The smallest absolute Gasteiger partial charge is 0.263 e. The number of carbonyl (C=O) groups is 1. The Morgan fingerprint density at radius 2 is 1.88 bits per heavy atom. The summed E-state index contributed by atoms with van der Waals surface area (Å²) in [4.78, 5) is 19.1. The second kappa shape index (κ2) is 6.71. The molecule has 2 aromatic heterocycles. The molecule has 1 fully saturated rings. The van der Waals surface area contributed by atoms with Crippen LogP contribution in [0.25, 0.3) is 10.2 Å². The number of aromatic nitrogens is 1. The highest BCUT2D eigenvalue weighted by atomic mass is 32.1. The van der Waals surface area contributed by atoms with Crippen molar-refractivity contribution in [2.45, 2.75) is 70.3 Å². The van der Waals surface area contributed by atoms with Crippen molar-refractivity contribution in [2.75, 3.05) is 5.73 Å². The molecule has 0 atom stereocenters. The van der Waals surface area contributed by atoms with Gasteiger partial charge in [0.15, 0.2) is 0 Å². The molecule has 128 valence electrons. The third-order valence-electron chi connectivity index (χ3n) is 5.40. The number of rotatable bonds is 2. The Hall–Kier alpha value is -1.62. The number of nitrogens with zero attached hydrogens (tertiary/aromatic N) is 1. The monoisotopic (exact) mass is 343 g/mol. The maximum Gasteiger partial charge on any atom is 0.263 e. The molecule has 0 spiro atoms. The molecule has 0 unspecified atom stereocenters. The van der Waals surface area contributed by atoms with E-state index >= 15 is 0 Å². The van der Waals surface area contributed by atoms with Crippen molar-refractivity contribution >= 4 is 33.1 Å². The normalized spacial score (nSPS) is 19.0. The van der Waals surface area contributed by atoms with E-state index in [1.807, 2.05) is 0 Å². The van der Waals surface area contributed by atoms with Crippen molar-refractivity contribution in [2.24, 2.45) is 0 Å². The zero-order valence-electron chi connectivity index (χ0n) is 14.1. The molecule has 2 aliphatic rings. The third kappa shape index (κ3) is 3.02. The average Bonchev–Trinajstić information content (AvgIpc) is 2.77. The molecule has 0 saturated heterocycles. The molecule has 0 bridgehead atoms. The zero-order chi connectivity index (χ0) is 16.5. The van der Waals surface area contributed by atoms with Crippen LogP contribution in [0.2, 0.25) is 0 Å². The van der Waals surface area contributed by atoms with Crippen LogP contribution in [-0.2, 0) is 12.8 Å². The Labute approximate surface area is 146 Å². The van der Waals surface area contributed by atoms with Gasteiger partial charge in [-0.1, -0.05) is 25.7 Å². The predicted octanol–water partition coefficient (Wildman–Crippen LogP) is 4.21. The maximum atomic E-state index is 12.7. The number of nitrogen functional groups attached to an aromatic ring is 1. The van der Waals surface area contributed by atoms with Crippen LogP contribution >= 0.6 is 11.3 Å². The maximum absolute atomic E-state index is 12.7. The van der Waals surface area contributed by atoms with Crippen molar-refractivity contribution in [3.05, 3.63) is 22.2 Å². The van der Waals surface area contributed by atoms with Crippen molar-refractivity contribution in [3.63, 3.8) is 0 Å². The minimum atomic E-state index is -0.0161. The molecule has 3 N–H and O–H groups in total. The van der Waals surface area contributed by atoms with Gasteiger partial charge in [-0.15, -0.1) is 11.3 Å². The SMILES string of the molecule is Nc1c(C(=O)NC2CCCCC2)sc2nc3c(cc12)CCCCC3. The fraction of sp³-hybridized carbons (Fsp3) is 0.579. The molecular formula is C19H25N3OS. The number of pyridine rings is 1. The number of thiophene rings is 1. The van der Waals surface area contributed by atoms with E-state index in [1.54, 1.807) is 0 Å². The van der Waals surface area contributed by atoms with Gasteiger partial charge in [-0.3, -0.25) is 4.79 Å². The van der Waals surface area contributed by atoms with Crippen molar-refractivity contribution < 1.29 is 4.79 Å². The Morgan fingerprint density at radius 1 is 1.12 bits per heavy atom. The summed E-state index contributed by atoms with van der Waals surface area (Å²) in [7, 11) is 0. The van der Waals surface area contributed by atoms with Crippen molar-refractivity contribution in [1.29, 1.82) is 0 Å². The third-order valence-corrected chi connectivity index (χ3v) is 6.51. The van der Waals surface area contributed by atoms with Crippen LogP contribution in [0.4, 0.5) is 5.69 Å². The van der Waals surface area contributed by atoms with E-state index in [1.165, 1.54) is 61.1 Å². The Balaban J connectivity index is 1.63. The molecule has 1 saturated carbocycles. The minimum absolute atomic E-state index is 0.0161. The standard InChI is InChI=1S/C19H25N3OS/c20-16-14-11-12-7-3-1-6-10-15(12)22-19(14)24-17(16)18(23)21-13-8-4-2-5-9-13/h11,13H,1-10,20H2,(H,21,23). The molecule has 2 heterocycles. The van der Waals surface area contributed by atoms with Gasteiger partial charge in [0.1, 0.15) is 9.71 Å². The lowest BCUT2D eigenvalue weighted by Gasteiger charge is -2.22. The fourth-order valence-corrected chi connectivity index (χ4v) is 5.00. The Bertz CT molecular complexity index is 762. The van der Waals surface area contributed by atoms with Gasteiger partial charge in [-0.25, -0.2) is 4.98 Å². The lowest BCUT2D eigenvalue weighted by atomic mass is 9.95. The van der Waals surface area contributed by atoms with E-state index in [0.29, 0.717) is 16.6 Å². The summed E-state index contributed by atoms with van der Waals surface area (Å²) in [6.07, 6.45) is 11.7. The van der Waals surface area contributed by atoms with Crippen LogP contribution in [0.15, 0.2) is 6.07 Å². The Morgan fingerprint density at radius 3 is 2.71 bits per heavy atom.